The Morgan fingerprint density at radius 3 is 3.24 bits per heavy atom. The van der Waals surface area contributed by atoms with Crippen LogP contribution in [0.25, 0.3) is 0 Å². The Hall–Kier alpha value is -1.10. The molecule has 90 valence electrons. The van der Waals surface area contributed by atoms with Crippen LogP contribution in [0, 0.1) is 0 Å². The van der Waals surface area contributed by atoms with Crippen LogP contribution in [0.15, 0.2) is 28.2 Å². The van der Waals surface area contributed by atoms with E-state index >= 15 is 0 Å². The molecule has 0 amide bonds. The molecule has 4 heteroatoms. The monoisotopic (exact) mass is 248 g/mol. The lowest BCUT2D eigenvalue weighted by atomic mass is 10.1. The first kappa shape index (κ1) is 11.0. The molecule has 0 fully saturated rings. The van der Waals surface area contributed by atoms with Crippen molar-refractivity contribution in [1.82, 2.24) is 4.90 Å². The largest absolute Gasteiger partial charge is 0.468 e. The van der Waals surface area contributed by atoms with Gasteiger partial charge in [-0.1, -0.05) is 0 Å². The van der Waals surface area contributed by atoms with Gasteiger partial charge in [0.1, 0.15) is 5.76 Å². The minimum atomic E-state index is 0.486. The minimum Gasteiger partial charge on any atom is -0.468 e. The van der Waals surface area contributed by atoms with E-state index in [1.807, 2.05) is 17.4 Å². The van der Waals surface area contributed by atoms with E-state index in [2.05, 4.69) is 16.3 Å². The van der Waals surface area contributed by atoms with E-state index in [0.29, 0.717) is 6.54 Å². The predicted octanol–water partition coefficient (Wildman–Crippen LogP) is 2.36. The molecule has 0 aromatic carbocycles. The van der Waals surface area contributed by atoms with Crippen LogP contribution in [0.1, 0.15) is 21.8 Å². The highest BCUT2D eigenvalue weighted by molar-refractivity contribution is 7.10. The normalized spacial score (nSPS) is 16.1. The van der Waals surface area contributed by atoms with Crippen molar-refractivity contribution in [3.05, 3.63) is 45.5 Å². The van der Waals surface area contributed by atoms with Gasteiger partial charge in [0, 0.05) is 30.1 Å². The maximum atomic E-state index is 5.65. The lowest BCUT2D eigenvalue weighted by Gasteiger charge is -2.26. The van der Waals surface area contributed by atoms with Crippen LogP contribution in [0.2, 0.25) is 0 Å². The average molecular weight is 248 g/mol. The van der Waals surface area contributed by atoms with E-state index in [1.54, 1.807) is 11.1 Å². The van der Waals surface area contributed by atoms with Crippen LogP contribution >= 0.6 is 11.3 Å². The number of nitrogens with two attached hydrogens (primary N) is 1. The molecule has 0 spiro atoms. The van der Waals surface area contributed by atoms with Crippen LogP contribution in [0.4, 0.5) is 0 Å². The Balaban J connectivity index is 1.72. The summed E-state index contributed by atoms with van der Waals surface area (Å²) in [6.07, 6.45) is 2.90. The third-order valence-corrected chi connectivity index (χ3v) is 4.33. The van der Waals surface area contributed by atoms with E-state index in [0.717, 1.165) is 25.4 Å². The maximum Gasteiger partial charge on any atom is 0.121 e. The van der Waals surface area contributed by atoms with Crippen molar-refractivity contribution in [3.8, 4) is 0 Å². The molecule has 0 saturated heterocycles. The molecule has 17 heavy (non-hydrogen) atoms. The standard InChI is InChI=1S/C13H16N2OS/c14-7-12-10(2-5-16-12)8-15-4-1-13-11(9-15)3-6-17-13/h2-3,5-6H,1,4,7-9,14H2. The highest BCUT2D eigenvalue weighted by Gasteiger charge is 2.18. The van der Waals surface area contributed by atoms with Gasteiger partial charge < -0.3 is 10.2 Å². The molecule has 0 bridgehead atoms. The Bertz CT molecular complexity index is 503. The molecule has 1 aliphatic rings. The number of fused-ring (bicyclic) bond motifs is 1. The minimum absolute atomic E-state index is 0.486. The van der Waals surface area contributed by atoms with Gasteiger partial charge in [0.15, 0.2) is 0 Å². The van der Waals surface area contributed by atoms with Crippen LogP contribution in [-0.4, -0.2) is 11.4 Å². The van der Waals surface area contributed by atoms with E-state index in [4.69, 9.17) is 10.2 Å². The summed E-state index contributed by atoms with van der Waals surface area (Å²) in [4.78, 5) is 4.01. The zero-order valence-electron chi connectivity index (χ0n) is 9.69. The second-order valence-electron chi connectivity index (χ2n) is 4.40. The summed E-state index contributed by atoms with van der Waals surface area (Å²) in [7, 11) is 0. The Morgan fingerprint density at radius 2 is 2.35 bits per heavy atom. The molecule has 3 heterocycles. The molecule has 3 nitrogen and oxygen atoms in total. The first-order valence-corrected chi connectivity index (χ1v) is 6.77. The first-order valence-electron chi connectivity index (χ1n) is 5.89. The molecular weight excluding hydrogens is 232 g/mol. The van der Waals surface area contributed by atoms with Crippen molar-refractivity contribution in [2.75, 3.05) is 6.54 Å². The van der Waals surface area contributed by atoms with E-state index in [9.17, 15) is 0 Å². The third kappa shape index (κ3) is 2.16. The summed E-state index contributed by atoms with van der Waals surface area (Å²) >= 11 is 1.88. The van der Waals surface area contributed by atoms with Gasteiger partial charge >= 0.3 is 0 Å². The molecule has 0 saturated carbocycles. The summed E-state index contributed by atoms with van der Waals surface area (Å²) in [5.41, 5.74) is 8.36. The van der Waals surface area contributed by atoms with Gasteiger partial charge in [-0.2, -0.15) is 0 Å². The summed E-state index contributed by atoms with van der Waals surface area (Å²) in [6.45, 7) is 3.61. The van der Waals surface area contributed by atoms with Crippen molar-refractivity contribution in [2.45, 2.75) is 26.1 Å². The fraction of sp³-hybridized carbons (Fsp3) is 0.385. The maximum absolute atomic E-state index is 5.65. The van der Waals surface area contributed by atoms with E-state index in [-0.39, 0.29) is 0 Å². The third-order valence-electron chi connectivity index (χ3n) is 3.30. The highest BCUT2D eigenvalue weighted by atomic mass is 32.1. The average Bonchev–Trinajstić information content (AvgIpc) is 2.96. The molecular formula is C13H16N2OS. The van der Waals surface area contributed by atoms with Gasteiger partial charge in [-0.15, -0.1) is 11.3 Å². The van der Waals surface area contributed by atoms with Crippen LogP contribution in [0.5, 0.6) is 0 Å². The topological polar surface area (TPSA) is 42.4 Å². The summed E-state index contributed by atoms with van der Waals surface area (Å²) < 4.78 is 5.36. The second-order valence-corrected chi connectivity index (χ2v) is 5.40. The molecule has 1 aliphatic heterocycles. The summed E-state index contributed by atoms with van der Waals surface area (Å²) in [5, 5.41) is 2.19. The van der Waals surface area contributed by atoms with Crippen molar-refractivity contribution in [2.24, 2.45) is 5.73 Å². The first-order chi connectivity index (χ1) is 8.36. The smallest absolute Gasteiger partial charge is 0.121 e. The zero-order chi connectivity index (χ0) is 11.7. The lowest BCUT2D eigenvalue weighted by molar-refractivity contribution is 0.245. The molecule has 0 atom stereocenters. The van der Waals surface area contributed by atoms with Gasteiger partial charge in [-0.05, 0) is 29.5 Å². The fourth-order valence-electron chi connectivity index (χ4n) is 2.37. The number of hydrogen-bond donors (Lipinski definition) is 1. The van der Waals surface area contributed by atoms with Gasteiger partial charge in [-0.25, -0.2) is 0 Å². The SMILES string of the molecule is NCc1occc1CN1CCc2sccc2C1. The van der Waals surface area contributed by atoms with Gasteiger partial charge in [0.2, 0.25) is 0 Å². The van der Waals surface area contributed by atoms with Gasteiger partial charge in [-0.3, -0.25) is 4.90 Å². The number of furan rings is 1. The Morgan fingerprint density at radius 1 is 1.41 bits per heavy atom. The van der Waals surface area contributed by atoms with Crippen LogP contribution in [0.3, 0.4) is 0 Å². The zero-order valence-corrected chi connectivity index (χ0v) is 10.5. The summed E-state index contributed by atoms with van der Waals surface area (Å²) in [5.74, 6) is 0.918. The van der Waals surface area contributed by atoms with E-state index in [1.165, 1.54) is 17.5 Å². The van der Waals surface area contributed by atoms with Crippen molar-refractivity contribution >= 4 is 11.3 Å². The number of rotatable bonds is 3. The quantitative estimate of drug-likeness (QED) is 0.906. The number of thiophene rings is 1. The van der Waals surface area contributed by atoms with Crippen molar-refractivity contribution in [3.63, 3.8) is 0 Å². The predicted molar refractivity (Wildman–Crippen MR) is 68.7 cm³/mol. The summed E-state index contributed by atoms with van der Waals surface area (Å²) in [6, 6.07) is 4.27. The molecule has 2 aromatic rings. The molecule has 0 radical (unpaired) electrons. The Labute approximate surface area is 105 Å². The fourth-order valence-corrected chi connectivity index (χ4v) is 3.26. The molecule has 2 aromatic heterocycles. The molecule has 2 N–H and O–H groups in total. The number of hydrogen-bond acceptors (Lipinski definition) is 4. The lowest BCUT2D eigenvalue weighted by Crippen LogP contribution is -2.29. The number of nitrogens with zero attached hydrogens (tertiary/aromatic N) is 1. The van der Waals surface area contributed by atoms with Gasteiger partial charge in [0.05, 0.1) is 12.8 Å². The van der Waals surface area contributed by atoms with Crippen molar-refractivity contribution in [1.29, 1.82) is 0 Å². The molecule has 0 aliphatic carbocycles. The van der Waals surface area contributed by atoms with Crippen molar-refractivity contribution < 1.29 is 4.42 Å². The van der Waals surface area contributed by atoms with Gasteiger partial charge in [0.25, 0.3) is 0 Å². The molecule has 3 rings (SSSR count). The van der Waals surface area contributed by atoms with Crippen LogP contribution in [-0.2, 0) is 26.1 Å². The highest BCUT2D eigenvalue weighted by Crippen LogP contribution is 2.25. The van der Waals surface area contributed by atoms with Crippen LogP contribution < -0.4 is 5.73 Å². The Kier molecular flexibility index (Phi) is 3.01. The second kappa shape index (κ2) is 4.64. The molecule has 0 unspecified atom stereocenters. The van der Waals surface area contributed by atoms with E-state index < -0.39 is 0 Å².